The van der Waals surface area contributed by atoms with Crippen LogP contribution in [0.2, 0.25) is 0 Å². The Hall–Kier alpha value is -2.56. The number of hydrogen-bond donors (Lipinski definition) is 2. The second-order valence-corrected chi connectivity index (χ2v) is 4.15. The highest BCUT2D eigenvalue weighted by molar-refractivity contribution is 6.01. The Balaban J connectivity index is 2.11. The summed E-state index contributed by atoms with van der Waals surface area (Å²) in [5, 5.41) is 4.05. The molecule has 0 radical (unpaired) electrons. The van der Waals surface area contributed by atoms with Gasteiger partial charge in [0.25, 0.3) is 5.91 Å². The van der Waals surface area contributed by atoms with Crippen LogP contribution in [0.25, 0.3) is 0 Å². The highest BCUT2D eigenvalue weighted by Gasteiger charge is 2.10. The molecule has 0 saturated heterocycles. The number of benzene rings is 1. The van der Waals surface area contributed by atoms with Gasteiger partial charge < -0.3 is 10.2 Å². The fourth-order valence-corrected chi connectivity index (χ4v) is 1.64. The Labute approximate surface area is 111 Å². The second kappa shape index (κ2) is 5.39. The summed E-state index contributed by atoms with van der Waals surface area (Å²) in [5.74, 6) is 0.267. The number of nitrogens with two attached hydrogens (primary N) is 1. The van der Waals surface area contributed by atoms with E-state index in [1.807, 2.05) is 12.1 Å². The summed E-state index contributed by atoms with van der Waals surface area (Å²) in [6, 6.07) is 8.92. The number of carbonyl (C=O) groups excluding carboxylic acids is 1. The lowest BCUT2D eigenvalue weighted by Crippen LogP contribution is -2.19. The third-order valence-corrected chi connectivity index (χ3v) is 2.73. The van der Waals surface area contributed by atoms with Crippen LogP contribution in [0.1, 0.15) is 28.6 Å². The first-order valence-electron chi connectivity index (χ1n) is 5.82. The zero-order chi connectivity index (χ0) is 13.8. The largest absolute Gasteiger partial charge is 0.469 e. The molecule has 3 N–H and O–H groups in total. The maximum Gasteiger partial charge on any atom is 0.274 e. The molecule has 0 bridgehead atoms. The highest BCUT2D eigenvalue weighted by atomic mass is 16.3. The molecule has 5 heteroatoms. The molecular formula is C14H15N3O2. The van der Waals surface area contributed by atoms with E-state index in [9.17, 15) is 4.79 Å². The molecule has 19 heavy (non-hydrogen) atoms. The number of hydrogen-bond acceptors (Lipinski definition) is 4. The molecule has 98 valence electrons. The smallest absolute Gasteiger partial charge is 0.274 e. The molecule has 1 aromatic heterocycles. The molecule has 2 rings (SSSR count). The van der Waals surface area contributed by atoms with Gasteiger partial charge in [-0.2, -0.15) is 5.10 Å². The first-order chi connectivity index (χ1) is 9.08. The molecule has 0 aliphatic heterocycles. The summed E-state index contributed by atoms with van der Waals surface area (Å²) in [5.41, 5.74) is 10.9. The van der Waals surface area contributed by atoms with Crippen molar-refractivity contribution in [1.29, 1.82) is 0 Å². The fourth-order valence-electron chi connectivity index (χ4n) is 1.64. The Morgan fingerprint density at radius 3 is 2.79 bits per heavy atom. The summed E-state index contributed by atoms with van der Waals surface area (Å²) in [4.78, 5) is 11.8. The number of hydrazone groups is 1. The van der Waals surface area contributed by atoms with Gasteiger partial charge in [0.15, 0.2) is 0 Å². The van der Waals surface area contributed by atoms with E-state index >= 15 is 0 Å². The van der Waals surface area contributed by atoms with Gasteiger partial charge in [-0.05, 0) is 37.6 Å². The fraction of sp³-hybridized carbons (Fsp3) is 0.143. The Kier molecular flexibility index (Phi) is 3.66. The monoisotopic (exact) mass is 257 g/mol. The zero-order valence-corrected chi connectivity index (χ0v) is 10.8. The molecule has 0 fully saturated rings. The van der Waals surface area contributed by atoms with Crippen LogP contribution in [0.3, 0.4) is 0 Å². The Bertz CT molecular complexity index is 629. The van der Waals surface area contributed by atoms with Crippen LogP contribution in [0.5, 0.6) is 0 Å². The quantitative estimate of drug-likeness (QED) is 0.503. The number of nitrogens with one attached hydrogen (secondary N) is 1. The average molecular weight is 257 g/mol. The van der Waals surface area contributed by atoms with Gasteiger partial charge in [0, 0.05) is 5.69 Å². The first-order valence-corrected chi connectivity index (χ1v) is 5.82. The van der Waals surface area contributed by atoms with Crippen LogP contribution >= 0.6 is 0 Å². The maximum absolute atomic E-state index is 11.8. The molecule has 5 nitrogen and oxygen atoms in total. The standard InChI is InChI=1S/C14H15N3O2/c1-9(11-4-3-5-12(15)8-11)16-17-14(18)13-6-7-19-10(13)2/h3-8H,15H2,1-2H3,(H,17,18)/b16-9-. The lowest BCUT2D eigenvalue weighted by molar-refractivity contribution is 0.0953. The molecule has 0 spiro atoms. The van der Waals surface area contributed by atoms with E-state index in [1.54, 1.807) is 32.0 Å². The van der Waals surface area contributed by atoms with Gasteiger partial charge in [0.05, 0.1) is 17.5 Å². The van der Waals surface area contributed by atoms with Crippen LogP contribution in [-0.4, -0.2) is 11.6 Å². The Morgan fingerprint density at radius 1 is 1.37 bits per heavy atom. The van der Waals surface area contributed by atoms with Gasteiger partial charge in [-0.25, -0.2) is 5.43 Å². The minimum absolute atomic E-state index is 0.297. The number of amides is 1. The summed E-state index contributed by atoms with van der Waals surface area (Å²) >= 11 is 0. The van der Waals surface area contributed by atoms with Crippen LogP contribution in [-0.2, 0) is 0 Å². The van der Waals surface area contributed by atoms with E-state index in [2.05, 4.69) is 10.5 Å². The van der Waals surface area contributed by atoms with Gasteiger partial charge in [-0.1, -0.05) is 12.1 Å². The molecule has 0 saturated carbocycles. The number of furan rings is 1. The number of carbonyl (C=O) groups is 1. The van der Waals surface area contributed by atoms with Crippen molar-refractivity contribution in [3.8, 4) is 0 Å². The molecule has 0 aliphatic rings. The van der Waals surface area contributed by atoms with Gasteiger partial charge in [-0.3, -0.25) is 4.79 Å². The van der Waals surface area contributed by atoms with Crippen molar-refractivity contribution in [2.24, 2.45) is 5.10 Å². The van der Waals surface area contributed by atoms with Crippen molar-refractivity contribution in [2.75, 3.05) is 5.73 Å². The predicted octanol–water partition coefficient (Wildman–Crippen LogP) is 2.32. The highest BCUT2D eigenvalue weighted by Crippen LogP contribution is 2.09. The van der Waals surface area contributed by atoms with E-state index in [4.69, 9.17) is 10.2 Å². The van der Waals surface area contributed by atoms with Gasteiger partial charge in [0.1, 0.15) is 5.76 Å². The predicted molar refractivity (Wildman–Crippen MR) is 74.0 cm³/mol. The number of nitrogens with zero attached hydrogens (tertiary/aromatic N) is 1. The van der Waals surface area contributed by atoms with Crippen LogP contribution in [0.15, 0.2) is 46.1 Å². The van der Waals surface area contributed by atoms with Gasteiger partial charge in [-0.15, -0.1) is 0 Å². The number of anilines is 1. The SMILES string of the molecule is C/C(=N/NC(=O)c1ccoc1C)c1cccc(N)c1. The molecular weight excluding hydrogens is 242 g/mol. The maximum atomic E-state index is 11.8. The van der Waals surface area contributed by atoms with Crippen molar-refractivity contribution >= 4 is 17.3 Å². The van der Waals surface area contributed by atoms with Gasteiger partial charge >= 0.3 is 0 Å². The Morgan fingerprint density at radius 2 is 2.16 bits per heavy atom. The molecule has 0 aliphatic carbocycles. The van der Waals surface area contributed by atoms with Crippen LogP contribution < -0.4 is 11.2 Å². The molecule has 1 heterocycles. The molecule has 2 aromatic rings. The van der Waals surface area contributed by atoms with Crippen molar-refractivity contribution < 1.29 is 9.21 Å². The molecule has 0 unspecified atom stereocenters. The zero-order valence-electron chi connectivity index (χ0n) is 10.8. The topological polar surface area (TPSA) is 80.6 Å². The third kappa shape index (κ3) is 3.01. The summed E-state index contributed by atoms with van der Waals surface area (Å²) in [6.07, 6.45) is 1.47. The summed E-state index contributed by atoms with van der Waals surface area (Å²) in [6.45, 7) is 3.53. The minimum Gasteiger partial charge on any atom is -0.469 e. The van der Waals surface area contributed by atoms with Crippen molar-refractivity contribution in [3.63, 3.8) is 0 Å². The van der Waals surface area contributed by atoms with Crippen LogP contribution in [0.4, 0.5) is 5.69 Å². The second-order valence-electron chi connectivity index (χ2n) is 4.15. The lowest BCUT2D eigenvalue weighted by atomic mass is 10.1. The average Bonchev–Trinajstić information content (AvgIpc) is 2.82. The van der Waals surface area contributed by atoms with E-state index in [-0.39, 0.29) is 5.91 Å². The molecule has 1 amide bonds. The normalized spacial score (nSPS) is 11.4. The minimum atomic E-state index is -0.297. The number of aryl methyl sites for hydroxylation is 1. The third-order valence-electron chi connectivity index (χ3n) is 2.73. The first kappa shape index (κ1) is 12.9. The number of nitrogen functional groups attached to an aromatic ring is 1. The molecule has 1 aromatic carbocycles. The van der Waals surface area contributed by atoms with Gasteiger partial charge in [0.2, 0.25) is 0 Å². The van der Waals surface area contributed by atoms with E-state index in [0.717, 1.165) is 5.56 Å². The molecule has 0 atom stereocenters. The summed E-state index contributed by atoms with van der Waals surface area (Å²) < 4.78 is 5.07. The van der Waals surface area contributed by atoms with E-state index in [0.29, 0.717) is 22.7 Å². The van der Waals surface area contributed by atoms with Crippen molar-refractivity contribution in [3.05, 3.63) is 53.5 Å². The lowest BCUT2D eigenvalue weighted by Gasteiger charge is -2.03. The van der Waals surface area contributed by atoms with Crippen molar-refractivity contribution in [2.45, 2.75) is 13.8 Å². The van der Waals surface area contributed by atoms with Crippen molar-refractivity contribution in [1.82, 2.24) is 5.43 Å². The van der Waals surface area contributed by atoms with E-state index in [1.165, 1.54) is 6.26 Å². The van der Waals surface area contributed by atoms with Crippen LogP contribution in [0, 0.1) is 6.92 Å². The summed E-state index contributed by atoms with van der Waals surface area (Å²) in [7, 11) is 0. The number of rotatable bonds is 3. The van der Waals surface area contributed by atoms with E-state index < -0.39 is 0 Å².